The molecule has 4 rings (SSSR count). The molecule has 0 bridgehead atoms. The van der Waals surface area contributed by atoms with Crippen LogP contribution < -0.4 is 15.5 Å². The van der Waals surface area contributed by atoms with E-state index in [2.05, 4.69) is 86.6 Å². The zero-order valence-electron chi connectivity index (χ0n) is 18.9. The van der Waals surface area contributed by atoms with Crippen molar-refractivity contribution in [2.75, 3.05) is 24.5 Å². The van der Waals surface area contributed by atoms with Crippen molar-refractivity contribution >= 4 is 35.6 Å². The molecule has 170 valence electrons. The zero-order valence-corrected chi connectivity index (χ0v) is 21.2. The Balaban J connectivity index is 0.00000289. The molecule has 1 aliphatic heterocycles. The van der Waals surface area contributed by atoms with Gasteiger partial charge < -0.3 is 20.1 Å². The average molecular weight is 544 g/mol. The third-order valence-corrected chi connectivity index (χ3v) is 5.68. The maximum Gasteiger partial charge on any atom is 0.191 e. The minimum absolute atomic E-state index is 0. The van der Waals surface area contributed by atoms with E-state index in [1.54, 1.807) is 0 Å². The molecule has 1 atom stereocenters. The molecule has 2 heterocycles. The van der Waals surface area contributed by atoms with Crippen LogP contribution in [0.3, 0.4) is 0 Å². The van der Waals surface area contributed by atoms with Gasteiger partial charge in [-0.15, -0.1) is 24.0 Å². The molecule has 1 unspecified atom stereocenters. The van der Waals surface area contributed by atoms with E-state index in [1.807, 2.05) is 19.3 Å². The van der Waals surface area contributed by atoms with Crippen LogP contribution in [0.2, 0.25) is 0 Å². The van der Waals surface area contributed by atoms with Crippen LogP contribution in [0.4, 0.5) is 5.69 Å². The van der Waals surface area contributed by atoms with E-state index >= 15 is 0 Å². The maximum absolute atomic E-state index is 4.86. The number of hydrogen-bond acceptors (Lipinski definition) is 3. The Morgan fingerprint density at radius 2 is 1.94 bits per heavy atom. The quantitative estimate of drug-likeness (QED) is 0.266. The Kier molecular flexibility index (Phi) is 8.96. The molecule has 1 saturated heterocycles. The predicted molar refractivity (Wildman–Crippen MR) is 143 cm³/mol. The number of nitrogens with one attached hydrogen (secondary N) is 2. The molecule has 0 radical (unpaired) electrons. The van der Waals surface area contributed by atoms with Gasteiger partial charge in [-0.2, -0.15) is 0 Å². The lowest BCUT2D eigenvalue weighted by Gasteiger charge is -2.20. The highest BCUT2D eigenvalue weighted by Crippen LogP contribution is 2.19. The summed E-state index contributed by atoms with van der Waals surface area (Å²) in [5.74, 6) is 1.92. The van der Waals surface area contributed by atoms with E-state index in [0.717, 1.165) is 44.4 Å². The van der Waals surface area contributed by atoms with Crippen LogP contribution in [0.5, 0.6) is 0 Å². The molecular formula is C25H33IN6. The van der Waals surface area contributed by atoms with Crippen molar-refractivity contribution in [3.05, 3.63) is 83.9 Å². The van der Waals surface area contributed by atoms with E-state index < -0.39 is 0 Å². The lowest BCUT2D eigenvalue weighted by Crippen LogP contribution is -2.44. The number of anilines is 1. The summed E-state index contributed by atoms with van der Waals surface area (Å²) in [6.07, 6.45) is 4.98. The largest absolute Gasteiger partial charge is 0.369 e. The van der Waals surface area contributed by atoms with Gasteiger partial charge in [0.05, 0.1) is 6.54 Å². The van der Waals surface area contributed by atoms with Crippen molar-refractivity contribution in [1.82, 2.24) is 20.2 Å². The lowest BCUT2D eigenvalue weighted by molar-refractivity contribution is 0.649. The Labute approximate surface area is 208 Å². The minimum Gasteiger partial charge on any atom is -0.369 e. The third-order valence-electron chi connectivity index (χ3n) is 5.68. The highest BCUT2D eigenvalue weighted by molar-refractivity contribution is 14.0. The molecule has 2 N–H and O–H groups in total. The monoisotopic (exact) mass is 544 g/mol. The number of guanidine groups is 1. The van der Waals surface area contributed by atoms with E-state index in [9.17, 15) is 0 Å². The van der Waals surface area contributed by atoms with E-state index in [-0.39, 0.29) is 24.0 Å². The van der Waals surface area contributed by atoms with Crippen molar-refractivity contribution in [2.45, 2.75) is 39.4 Å². The van der Waals surface area contributed by atoms with Gasteiger partial charge in [0.25, 0.3) is 0 Å². The Hall–Kier alpha value is -2.55. The molecule has 32 heavy (non-hydrogen) atoms. The van der Waals surface area contributed by atoms with E-state index in [0.29, 0.717) is 12.6 Å². The summed E-state index contributed by atoms with van der Waals surface area (Å²) in [5, 5.41) is 7.03. The molecular weight excluding hydrogens is 511 g/mol. The molecule has 7 heteroatoms. The van der Waals surface area contributed by atoms with Gasteiger partial charge in [-0.3, -0.25) is 0 Å². The summed E-state index contributed by atoms with van der Waals surface area (Å²) in [4.78, 5) is 11.6. The molecule has 6 nitrogen and oxygen atoms in total. The van der Waals surface area contributed by atoms with Gasteiger partial charge in [-0.05, 0) is 43.5 Å². The smallest absolute Gasteiger partial charge is 0.191 e. The van der Waals surface area contributed by atoms with Crippen molar-refractivity contribution in [2.24, 2.45) is 4.99 Å². The first-order valence-corrected chi connectivity index (χ1v) is 11.1. The van der Waals surface area contributed by atoms with Gasteiger partial charge in [0.2, 0.25) is 0 Å². The number of para-hydroxylation sites is 1. The molecule has 0 saturated carbocycles. The Morgan fingerprint density at radius 3 is 2.69 bits per heavy atom. The third kappa shape index (κ3) is 6.48. The van der Waals surface area contributed by atoms with E-state index in [4.69, 9.17) is 4.99 Å². The molecule has 3 aromatic rings. The Morgan fingerprint density at radius 1 is 1.12 bits per heavy atom. The van der Waals surface area contributed by atoms with Crippen LogP contribution in [0.15, 0.2) is 72.0 Å². The van der Waals surface area contributed by atoms with Crippen molar-refractivity contribution < 1.29 is 0 Å². The van der Waals surface area contributed by atoms with Gasteiger partial charge in [-0.1, -0.05) is 42.5 Å². The number of halogens is 1. The van der Waals surface area contributed by atoms with Crippen molar-refractivity contribution in [1.29, 1.82) is 0 Å². The first-order chi connectivity index (χ1) is 15.2. The molecule has 1 fully saturated rings. The summed E-state index contributed by atoms with van der Waals surface area (Å²) in [5.41, 5.74) is 3.77. The maximum atomic E-state index is 4.86. The second kappa shape index (κ2) is 11.9. The average Bonchev–Trinajstić information content (AvgIpc) is 3.42. The van der Waals surface area contributed by atoms with Gasteiger partial charge in [0, 0.05) is 50.3 Å². The van der Waals surface area contributed by atoms with Crippen LogP contribution in [-0.2, 0) is 13.1 Å². The summed E-state index contributed by atoms with van der Waals surface area (Å²) in [6.45, 7) is 8.53. The standard InChI is InChI=1S/C25H32N6.HI/c1-3-26-25(29-23-12-14-31(19-23)24-10-5-4-6-11-24)28-17-21-8-7-9-22(16-21)18-30-15-13-27-20(30)2;/h4-11,13,15-16,23H,3,12,14,17-19H2,1-2H3,(H2,26,28,29);1H. The fourth-order valence-corrected chi connectivity index (χ4v) is 4.03. The summed E-state index contributed by atoms with van der Waals surface area (Å²) in [7, 11) is 0. The van der Waals surface area contributed by atoms with Gasteiger partial charge in [0.15, 0.2) is 5.96 Å². The normalized spacial score (nSPS) is 16.0. The number of rotatable bonds is 7. The molecule has 0 amide bonds. The second-order valence-corrected chi connectivity index (χ2v) is 8.03. The van der Waals surface area contributed by atoms with Crippen LogP contribution in [0, 0.1) is 6.92 Å². The topological polar surface area (TPSA) is 57.5 Å². The number of imidazole rings is 1. The number of hydrogen-bond donors (Lipinski definition) is 2. The number of aromatic nitrogens is 2. The van der Waals surface area contributed by atoms with Gasteiger partial charge >= 0.3 is 0 Å². The molecule has 0 aliphatic carbocycles. The number of aliphatic imine (C=N–C) groups is 1. The van der Waals surface area contributed by atoms with E-state index in [1.165, 1.54) is 16.8 Å². The van der Waals surface area contributed by atoms with Crippen LogP contribution in [0.1, 0.15) is 30.3 Å². The van der Waals surface area contributed by atoms with Crippen LogP contribution >= 0.6 is 24.0 Å². The van der Waals surface area contributed by atoms with Gasteiger partial charge in [0.1, 0.15) is 5.82 Å². The first-order valence-electron chi connectivity index (χ1n) is 11.1. The summed E-state index contributed by atoms with van der Waals surface area (Å²) in [6, 6.07) is 19.7. The van der Waals surface area contributed by atoms with Crippen molar-refractivity contribution in [3.63, 3.8) is 0 Å². The second-order valence-electron chi connectivity index (χ2n) is 8.03. The SMILES string of the molecule is CCNC(=NCc1cccc(Cn2ccnc2C)c1)NC1CCN(c2ccccc2)C1.I. The molecule has 1 aliphatic rings. The van der Waals surface area contributed by atoms with Crippen molar-refractivity contribution in [3.8, 4) is 0 Å². The highest BCUT2D eigenvalue weighted by atomic mass is 127. The van der Waals surface area contributed by atoms with Crippen LogP contribution in [-0.4, -0.2) is 41.2 Å². The molecule has 0 spiro atoms. The molecule has 2 aromatic carbocycles. The molecule has 1 aromatic heterocycles. The lowest BCUT2D eigenvalue weighted by atomic mass is 10.1. The van der Waals surface area contributed by atoms with Gasteiger partial charge in [-0.25, -0.2) is 9.98 Å². The zero-order chi connectivity index (χ0) is 21.5. The number of benzene rings is 2. The summed E-state index contributed by atoms with van der Waals surface area (Å²) >= 11 is 0. The fourth-order valence-electron chi connectivity index (χ4n) is 4.03. The highest BCUT2D eigenvalue weighted by Gasteiger charge is 2.23. The number of aryl methyl sites for hydroxylation is 1. The summed E-state index contributed by atoms with van der Waals surface area (Å²) < 4.78 is 2.16. The van der Waals surface area contributed by atoms with Crippen LogP contribution in [0.25, 0.3) is 0 Å². The number of nitrogens with zero attached hydrogens (tertiary/aromatic N) is 4. The predicted octanol–water partition coefficient (Wildman–Crippen LogP) is 4.19. The minimum atomic E-state index is 0. The first kappa shape index (κ1) is 24.1. The fraction of sp³-hybridized carbons (Fsp3) is 0.360. The Bertz CT molecular complexity index is 1000.